The molecule has 0 radical (unpaired) electrons. The largest absolute Gasteiger partial charge is 0.494 e. The van der Waals surface area contributed by atoms with E-state index in [4.69, 9.17) is 20.2 Å². The second-order valence-corrected chi connectivity index (χ2v) is 9.69. The smallest absolute Gasteiger partial charge is 0.166 e. The number of para-hydroxylation sites is 1. The van der Waals surface area contributed by atoms with Crippen LogP contribution in [0.5, 0.6) is 5.75 Å². The fraction of sp³-hybridized carbons (Fsp3) is 0.273. The average Bonchev–Trinajstić information content (AvgIpc) is 3.24. The van der Waals surface area contributed by atoms with Crippen molar-refractivity contribution in [1.29, 1.82) is 0 Å². The quantitative estimate of drug-likeness (QED) is 0.300. The van der Waals surface area contributed by atoms with Crippen molar-refractivity contribution in [3.63, 3.8) is 0 Å². The summed E-state index contributed by atoms with van der Waals surface area (Å²) in [5, 5.41) is 6.31. The zero-order valence-corrected chi connectivity index (χ0v) is 20.0. The van der Waals surface area contributed by atoms with E-state index in [2.05, 4.69) is 29.0 Å². The molecule has 0 unspecified atom stereocenters. The number of carbonyl (C=O) groups excluding carboxylic acids is 2. The van der Waals surface area contributed by atoms with Gasteiger partial charge in [-0.2, -0.15) is 0 Å². The van der Waals surface area contributed by atoms with Crippen molar-refractivity contribution in [2.45, 2.75) is 20.3 Å². The Kier molecular flexibility index (Phi) is 9.09. The molecule has 0 aliphatic carbocycles. The lowest BCUT2D eigenvalue weighted by atomic mass is 10.1. The number of ether oxygens (including phenoxy) is 1. The Hall–Kier alpha value is -2.83. The van der Waals surface area contributed by atoms with Gasteiger partial charge in [0.15, 0.2) is 11.5 Å². The molecule has 0 aliphatic heterocycles. The SMILES string of the molecule is CC=O.CCC(=O)c1cnc(N)cc1Nc1cccc(-c2nc(P(C)C)cs2)c1OC. The van der Waals surface area contributed by atoms with Crippen LogP contribution in [0.25, 0.3) is 10.6 Å². The number of anilines is 3. The summed E-state index contributed by atoms with van der Waals surface area (Å²) >= 11 is 1.60. The number of carbonyl (C=O) groups is 2. The van der Waals surface area contributed by atoms with Crippen molar-refractivity contribution < 1.29 is 14.3 Å². The minimum atomic E-state index is -0.259. The first-order valence-corrected chi connectivity index (χ1v) is 12.7. The molecular weight excluding hydrogens is 431 g/mol. The average molecular weight is 459 g/mol. The van der Waals surface area contributed by atoms with Crippen LogP contribution >= 0.6 is 19.3 Å². The molecule has 1 aromatic carbocycles. The Morgan fingerprint density at radius 2 is 2.03 bits per heavy atom. The number of Topliss-reactive ketones (excluding diaryl/α,β-unsaturated/α-hetero) is 1. The molecule has 0 bridgehead atoms. The third-order valence-electron chi connectivity index (χ3n) is 4.22. The van der Waals surface area contributed by atoms with Crippen molar-refractivity contribution >= 4 is 54.0 Å². The van der Waals surface area contributed by atoms with E-state index < -0.39 is 0 Å². The van der Waals surface area contributed by atoms with E-state index in [0.717, 1.165) is 28.0 Å². The Morgan fingerprint density at radius 1 is 1.32 bits per heavy atom. The Morgan fingerprint density at radius 3 is 2.61 bits per heavy atom. The number of pyridine rings is 1. The highest BCUT2D eigenvalue weighted by molar-refractivity contribution is 7.64. The summed E-state index contributed by atoms with van der Waals surface area (Å²) in [4.78, 5) is 29.9. The maximum Gasteiger partial charge on any atom is 0.166 e. The molecule has 0 fully saturated rings. The van der Waals surface area contributed by atoms with Gasteiger partial charge < -0.3 is 20.6 Å². The maximum atomic E-state index is 12.3. The van der Waals surface area contributed by atoms with Crippen LogP contribution < -0.4 is 21.2 Å². The molecule has 0 atom stereocenters. The van der Waals surface area contributed by atoms with Crippen LogP contribution in [0.15, 0.2) is 35.8 Å². The number of rotatable bonds is 7. The van der Waals surface area contributed by atoms with Gasteiger partial charge in [0.1, 0.15) is 17.1 Å². The number of benzene rings is 1. The molecule has 0 saturated carbocycles. The Labute approximate surface area is 187 Å². The second-order valence-electron chi connectivity index (χ2n) is 6.58. The van der Waals surface area contributed by atoms with Gasteiger partial charge in [0.05, 0.1) is 35.0 Å². The summed E-state index contributed by atoms with van der Waals surface area (Å²) in [7, 11) is 1.37. The number of aromatic nitrogens is 2. The van der Waals surface area contributed by atoms with Gasteiger partial charge in [-0.1, -0.05) is 20.9 Å². The highest BCUT2D eigenvalue weighted by Crippen LogP contribution is 2.40. The zero-order valence-electron chi connectivity index (χ0n) is 18.3. The topological polar surface area (TPSA) is 107 Å². The van der Waals surface area contributed by atoms with Crippen LogP contribution in [-0.4, -0.2) is 42.5 Å². The van der Waals surface area contributed by atoms with E-state index >= 15 is 0 Å². The lowest BCUT2D eigenvalue weighted by Gasteiger charge is -2.16. The lowest BCUT2D eigenvalue weighted by Crippen LogP contribution is -2.06. The van der Waals surface area contributed by atoms with E-state index in [1.807, 2.05) is 25.1 Å². The van der Waals surface area contributed by atoms with E-state index in [1.54, 1.807) is 24.5 Å². The first kappa shape index (κ1) is 24.4. The van der Waals surface area contributed by atoms with E-state index in [0.29, 0.717) is 29.2 Å². The number of hydrogen-bond acceptors (Lipinski definition) is 8. The minimum absolute atomic E-state index is 0.00562. The van der Waals surface area contributed by atoms with Crippen molar-refractivity contribution in [2.75, 3.05) is 31.5 Å². The van der Waals surface area contributed by atoms with Gasteiger partial charge in [0.25, 0.3) is 0 Å². The molecule has 3 aromatic rings. The number of methoxy groups -OCH3 is 1. The number of hydrogen-bond donors (Lipinski definition) is 2. The van der Waals surface area contributed by atoms with E-state index in [-0.39, 0.29) is 13.7 Å². The van der Waals surface area contributed by atoms with Crippen molar-refractivity contribution in [3.8, 4) is 16.3 Å². The van der Waals surface area contributed by atoms with Gasteiger partial charge in [0, 0.05) is 24.1 Å². The third kappa shape index (κ3) is 6.09. The molecule has 2 aromatic heterocycles. The standard InChI is InChI=1S/C20H23N4O2PS.C2H4O/c1-5-16(25)13-10-22-17(21)9-15(13)23-14-8-6-7-12(19(14)26-2)20-24-18(11-28-20)27(3)4;1-2-3/h6-11H,5H2,1-4H3,(H3,21,22,23);2H,1H3. The van der Waals surface area contributed by atoms with Gasteiger partial charge in [-0.05, 0) is 32.4 Å². The van der Waals surface area contributed by atoms with Crippen LogP contribution in [0.4, 0.5) is 17.2 Å². The summed E-state index contributed by atoms with van der Waals surface area (Å²) in [5.74, 6) is 1.01. The molecule has 0 spiro atoms. The fourth-order valence-electron chi connectivity index (χ4n) is 2.75. The molecular formula is C22H27N4O3PS. The number of nitrogens with one attached hydrogen (secondary N) is 1. The number of ketones is 1. The van der Waals surface area contributed by atoms with Crippen molar-refractivity contribution in [2.24, 2.45) is 0 Å². The molecule has 3 rings (SSSR count). The monoisotopic (exact) mass is 458 g/mol. The summed E-state index contributed by atoms with van der Waals surface area (Å²) in [5.41, 5.74) is 9.73. The zero-order chi connectivity index (χ0) is 23.0. The van der Waals surface area contributed by atoms with Crippen LogP contribution in [0, 0.1) is 0 Å². The third-order valence-corrected chi connectivity index (χ3v) is 6.41. The molecule has 2 heterocycles. The molecule has 7 nitrogen and oxygen atoms in total. The highest BCUT2D eigenvalue weighted by atomic mass is 32.1. The van der Waals surface area contributed by atoms with Gasteiger partial charge in [-0.3, -0.25) is 4.79 Å². The normalized spacial score (nSPS) is 10.3. The number of nitrogen functional groups attached to an aromatic ring is 1. The van der Waals surface area contributed by atoms with Crippen LogP contribution in [0.1, 0.15) is 30.6 Å². The predicted octanol–water partition coefficient (Wildman–Crippen LogP) is 4.70. The summed E-state index contributed by atoms with van der Waals surface area (Å²) in [6, 6.07) is 7.49. The summed E-state index contributed by atoms with van der Waals surface area (Å²) in [6.07, 6.45) is 2.65. The van der Waals surface area contributed by atoms with E-state index in [9.17, 15) is 4.79 Å². The van der Waals surface area contributed by atoms with Crippen LogP contribution in [-0.2, 0) is 4.79 Å². The molecule has 164 valence electrons. The number of aldehydes is 1. The van der Waals surface area contributed by atoms with Gasteiger partial charge in [0.2, 0.25) is 0 Å². The first-order valence-electron chi connectivity index (χ1n) is 9.61. The van der Waals surface area contributed by atoms with Crippen molar-refractivity contribution in [3.05, 3.63) is 41.4 Å². The predicted molar refractivity (Wildman–Crippen MR) is 131 cm³/mol. The molecule has 31 heavy (non-hydrogen) atoms. The summed E-state index contributed by atoms with van der Waals surface area (Å²) in [6.45, 7) is 7.63. The van der Waals surface area contributed by atoms with Gasteiger partial charge >= 0.3 is 0 Å². The van der Waals surface area contributed by atoms with Crippen LogP contribution in [0.3, 0.4) is 0 Å². The molecule has 9 heteroatoms. The second kappa shape index (κ2) is 11.5. The maximum absolute atomic E-state index is 12.3. The highest BCUT2D eigenvalue weighted by Gasteiger charge is 2.17. The first-order chi connectivity index (χ1) is 14.9. The number of nitrogens with zero attached hydrogens (tertiary/aromatic N) is 2. The number of thiazole rings is 1. The van der Waals surface area contributed by atoms with Crippen molar-refractivity contribution in [1.82, 2.24) is 9.97 Å². The van der Waals surface area contributed by atoms with Crippen LogP contribution in [0.2, 0.25) is 0 Å². The molecule has 0 amide bonds. The van der Waals surface area contributed by atoms with Gasteiger partial charge in [-0.15, -0.1) is 11.3 Å². The fourth-order valence-corrected chi connectivity index (χ4v) is 4.83. The molecule has 3 N–H and O–H groups in total. The van der Waals surface area contributed by atoms with Gasteiger partial charge in [-0.25, -0.2) is 9.97 Å². The Balaban J connectivity index is 0.00000107. The lowest BCUT2D eigenvalue weighted by molar-refractivity contribution is -0.106. The number of nitrogens with two attached hydrogens (primary N) is 1. The summed E-state index contributed by atoms with van der Waals surface area (Å²) < 4.78 is 5.71. The minimum Gasteiger partial charge on any atom is -0.494 e. The molecule has 0 saturated heterocycles. The molecule has 0 aliphatic rings. The van der Waals surface area contributed by atoms with E-state index in [1.165, 1.54) is 13.1 Å². The Bertz CT molecular complexity index is 1050.